The molecule has 1 aromatic heterocycles. The molecule has 3 aromatic rings. The van der Waals surface area contributed by atoms with Gasteiger partial charge in [0.25, 0.3) is 0 Å². The number of fused-ring (bicyclic) bond motifs is 6. The van der Waals surface area contributed by atoms with E-state index in [9.17, 15) is 9.59 Å². The quantitative estimate of drug-likeness (QED) is 0.265. The highest BCUT2D eigenvalue weighted by Crippen LogP contribution is 2.50. The summed E-state index contributed by atoms with van der Waals surface area (Å²) in [5.41, 5.74) is 4.26. The Bertz CT molecular complexity index is 1610. The van der Waals surface area contributed by atoms with Gasteiger partial charge in [-0.2, -0.15) is 0 Å². The standard InChI is InChI=1S/C35H42N2O9/c1-40-21-8-9-22-23-11-12-37-18-20-15-29(46-30(38)10-7-19-13-27(41-2)33(43-4)28(14-19)42-3)34(44-5)31(35(39)45-6)24(20)17-26(37)32(23)36-25(22)16-21/h7-10,13-14,16,20,24,26,29,31,34,36H,11-12,15,17-18H2,1-6H3/b10-7+/t20-,24+,26+,29-,31+,34+/m1/s1. The number of hydrogen-bond donors (Lipinski definition) is 1. The van der Waals surface area contributed by atoms with E-state index in [1.165, 1.54) is 51.2 Å². The number of rotatable bonds is 9. The van der Waals surface area contributed by atoms with Gasteiger partial charge in [0.1, 0.15) is 18.0 Å². The molecule has 0 amide bonds. The van der Waals surface area contributed by atoms with E-state index < -0.39 is 24.1 Å². The predicted molar refractivity (Wildman–Crippen MR) is 170 cm³/mol. The van der Waals surface area contributed by atoms with Crippen LogP contribution in [0, 0.1) is 17.8 Å². The third-order valence-electron chi connectivity index (χ3n) is 9.97. The van der Waals surface area contributed by atoms with Gasteiger partial charge in [0.05, 0.1) is 47.5 Å². The largest absolute Gasteiger partial charge is 0.497 e. The third kappa shape index (κ3) is 5.66. The van der Waals surface area contributed by atoms with Crippen molar-refractivity contribution in [3.8, 4) is 23.0 Å². The van der Waals surface area contributed by atoms with Crippen molar-refractivity contribution in [2.45, 2.75) is 37.5 Å². The number of methoxy groups -OCH3 is 6. The Morgan fingerprint density at radius 1 is 0.935 bits per heavy atom. The number of piperidine rings is 1. The van der Waals surface area contributed by atoms with E-state index in [1.54, 1.807) is 32.4 Å². The molecule has 0 bridgehead atoms. The van der Waals surface area contributed by atoms with Gasteiger partial charge in [-0.25, -0.2) is 4.79 Å². The maximum absolute atomic E-state index is 13.4. The van der Waals surface area contributed by atoms with Gasteiger partial charge in [-0.05, 0) is 72.6 Å². The summed E-state index contributed by atoms with van der Waals surface area (Å²) in [6.45, 7) is 1.70. The molecule has 1 N–H and O–H groups in total. The second-order valence-electron chi connectivity index (χ2n) is 12.1. The zero-order valence-electron chi connectivity index (χ0n) is 27.2. The molecule has 2 fully saturated rings. The Morgan fingerprint density at radius 3 is 2.35 bits per heavy atom. The van der Waals surface area contributed by atoms with Gasteiger partial charge in [-0.3, -0.25) is 9.69 Å². The number of carbonyl (C=O) groups is 2. The summed E-state index contributed by atoms with van der Waals surface area (Å²) in [6.07, 6.45) is 4.01. The van der Waals surface area contributed by atoms with Gasteiger partial charge < -0.3 is 38.1 Å². The number of H-pyrrole nitrogens is 1. The summed E-state index contributed by atoms with van der Waals surface area (Å²) in [5, 5.41) is 1.21. The molecular formula is C35H42N2O9. The first kappa shape index (κ1) is 31.7. The molecular weight excluding hydrogens is 592 g/mol. The minimum Gasteiger partial charge on any atom is -0.497 e. The van der Waals surface area contributed by atoms with Crippen LogP contribution in [0.3, 0.4) is 0 Å². The number of nitrogens with one attached hydrogen (secondary N) is 1. The zero-order valence-corrected chi connectivity index (χ0v) is 27.2. The van der Waals surface area contributed by atoms with E-state index in [1.807, 2.05) is 12.1 Å². The first-order valence-corrected chi connectivity index (χ1v) is 15.6. The maximum Gasteiger partial charge on any atom is 0.331 e. The fraction of sp³-hybridized carbons (Fsp3) is 0.486. The summed E-state index contributed by atoms with van der Waals surface area (Å²) in [7, 11) is 9.24. The van der Waals surface area contributed by atoms with Crippen molar-refractivity contribution in [1.82, 2.24) is 9.88 Å². The average molecular weight is 635 g/mol. The van der Waals surface area contributed by atoms with E-state index >= 15 is 0 Å². The number of ether oxygens (including phenoxy) is 7. The highest BCUT2D eigenvalue weighted by Gasteiger charge is 2.54. The molecule has 6 atom stereocenters. The normalized spacial score (nSPS) is 25.7. The van der Waals surface area contributed by atoms with E-state index in [2.05, 4.69) is 16.0 Å². The average Bonchev–Trinajstić information content (AvgIpc) is 3.46. The van der Waals surface area contributed by atoms with Crippen LogP contribution in [-0.2, 0) is 30.2 Å². The van der Waals surface area contributed by atoms with E-state index in [4.69, 9.17) is 33.2 Å². The first-order valence-electron chi connectivity index (χ1n) is 15.6. The van der Waals surface area contributed by atoms with Gasteiger partial charge in [-0.15, -0.1) is 0 Å². The molecule has 46 heavy (non-hydrogen) atoms. The highest BCUT2D eigenvalue weighted by molar-refractivity contribution is 5.88. The number of nitrogens with zero attached hydrogens (tertiary/aromatic N) is 1. The van der Waals surface area contributed by atoms with Crippen LogP contribution in [0.4, 0.5) is 0 Å². The molecule has 2 aliphatic heterocycles. The van der Waals surface area contributed by atoms with Crippen LogP contribution in [-0.4, -0.2) is 89.8 Å². The van der Waals surface area contributed by atoms with Crippen LogP contribution in [0.1, 0.15) is 35.7 Å². The van der Waals surface area contributed by atoms with Crippen LogP contribution < -0.4 is 18.9 Å². The molecule has 1 saturated heterocycles. The molecule has 3 aliphatic rings. The number of hydrogen-bond acceptors (Lipinski definition) is 10. The lowest BCUT2D eigenvalue weighted by Crippen LogP contribution is -2.58. The molecule has 2 aromatic carbocycles. The smallest absolute Gasteiger partial charge is 0.331 e. The number of carbonyl (C=O) groups excluding carboxylic acids is 2. The Kier molecular flexibility index (Phi) is 9.15. The molecule has 0 spiro atoms. The van der Waals surface area contributed by atoms with Gasteiger partial charge in [0, 0.05) is 48.9 Å². The van der Waals surface area contributed by atoms with Crippen molar-refractivity contribution in [2.75, 3.05) is 55.7 Å². The van der Waals surface area contributed by atoms with Crippen LogP contribution in [0.15, 0.2) is 36.4 Å². The second-order valence-corrected chi connectivity index (χ2v) is 12.1. The fourth-order valence-electron chi connectivity index (χ4n) is 7.91. The van der Waals surface area contributed by atoms with Crippen LogP contribution in [0.25, 0.3) is 17.0 Å². The number of aromatic amines is 1. The Morgan fingerprint density at radius 2 is 1.70 bits per heavy atom. The SMILES string of the molecule is COC(=O)[C@H]1[C@H]2C[C@H]3c4[nH]c5cc(OC)ccc5c4CCN3C[C@H]2C[C@@H](OC(=O)/C=C/c2cc(OC)c(OC)c(OC)c2)[C@@H]1OC. The van der Waals surface area contributed by atoms with Crippen molar-refractivity contribution in [2.24, 2.45) is 17.8 Å². The zero-order chi connectivity index (χ0) is 32.5. The van der Waals surface area contributed by atoms with E-state index in [-0.39, 0.29) is 23.8 Å². The fourth-order valence-corrected chi connectivity index (χ4v) is 7.91. The topological polar surface area (TPSA) is 118 Å². The minimum absolute atomic E-state index is 0.00438. The summed E-state index contributed by atoms with van der Waals surface area (Å²) in [6, 6.07) is 9.78. The Balaban J connectivity index is 1.23. The Labute approximate surface area is 268 Å². The first-order chi connectivity index (χ1) is 22.3. The molecule has 1 aliphatic carbocycles. The minimum atomic E-state index is -0.645. The molecule has 246 valence electrons. The van der Waals surface area contributed by atoms with Gasteiger partial charge in [-0.1, -0.05) is 0 Å². The summed E-state index contributed by atoms with van der Waals surface area (Å²) in [4.78, 5) is 32.8. The Hall–Kier alpha value is -4.22. The molecule has 1 saturated carbocycles. The predicted octanol–water partition coefficient (Wildman–Crippen LogP) is 4.57. The molecule has 0 unspecified atom stereocenters. The number of benzene rings is 2. The summed E-state index contributed by atoms with van der Waals surface area (Å²) >= 11 is 0. The van der Waals surface area contributed by atoms with Gasteiger partial charge >= 0.3 is 11.9 Å². The van der Waals surface area contributed by atoms with E-state index in [0.29, 0.717) is 29.2 Å². The molecule has 11 heteroatoms. The number of aromatic nitrogens is 1. The maximum atomic E-state index is 13.4. The van der Waals surface area contributed by atoms with Gasteiger partial charge in [0.2, 0.25) is 5.75 Å². The lowest BCUT2D eigenvalue weighted by molar-refractivity contribution is -0.187. The van der Waals surface area contributed by atoms with Crippen molar-refractivity contribution in [1.29, 1.82) is 0 Å². The van der Waals surface area contributed by atoms with Crippen molar-refractivity contribution >= 4 is 28.9 Å². The summed E-state index contributed by atoms with van der Waals surface area (Å²) < 4.78 is 39.0. The number of esters is 2. The molecule has 11 nitrogen and oxygen atoms in total. The van der Waals surface area contributed by atoms with Crippen LogP contribution in [0.2, 0.25) is 0 Å². The molecule has 6 rings (SSSR count). The van der Waals surface area contributed by atoms with Crippen molar-refractivity contribution < 1.29 is 42.7 Å². The monoisotopic (exact) mass is 634 g/mol. The van der Waals surface area contributed by atoms with Crippen molar-refractivity contribution in [3.05, 3.63) is 53.2 Å². The molecule has 0 radical (unpaired) electrons. The van der Waals surface area contributed by atoms with Crippen LogP contribution in [0.5, 0.6) is 23.0 Å². The molecule has 3 heterocycles. The summed E-state index contributed by atoms with van der Waals surface area (Å²) in [5.74, 6) is 0.873. The van der Waals surface area contributed by atoms with Gasteiger partial charge in [0.15, 0.2) is 11.5 Å². The van der Waals surface area contributed by atoms with Crippen molar-refractivity contribution in [3.63, 3.8) is 0 Å². The van der Waals surface area contributed by atoms with Crippen LogP contribution >= 0.6 is 0 Å². The van der Waals surface area contributed by atoms with E-state index in [0.717, 1.165) is 37.2 Å². The highest BCUT2D eigenvalue weighted by atomic mass is 16.6. The lowest BCUT2D eigenvalue weighted by atomic mass is 9.63. The second kappa shape index (κ2) is 13.3. The third-order valence-corrected chi connectivity index (χ3v) is 9.97. The lowest BCUT2D eigenvalue weighted by Gasteiger charge is -2.52.